The third-order valence-corrected chi connectivity index (χ3v) is 2.29. The fourth-order valence-corrected chi connectivity index (χ4v) is 1.62. The maximum atomic E-state index is 9.59. The normalized spacial score (nSPS) is 28.5. The van der Waals surface area contributed by atoms with Crippen LogP contribution in [-0.2, 0) is 6.42 Å². The second kappa shape index (κ2) is 2.31. The predicted octanol–water partition coefficient (Wildman–Crippen LogP) is 1.31. The predicted molar refractivity (Wildman–Crippen MR) is 42.1 cm³/mol. The SMILES string of the molecule is CC1Cc2cccnc2C1O. The molecule has 1 aromatic rings. The first-order chi connectivity index (χ1) is 5.29. The summed E-state index contributed by atoms with van der Waals surface area (Å²) in [5, 5.41) is 9.59. The third-order valence-electron chi connectivity index (χ3n) is 2.29. The van der Waals surface area contributed by atoms with E-state index in [1.165, 1.54) is 5.56 Å². The summed E-state index contributed by atoms with van der Waals surface area (Å²) in [6, 6.07) is 3.96. The van der Waals surface area contributed by atoms with Crippen LogP contribution in [0.3, 0.4) is 0 Å². The fourth-order valence-electron chi connectivity index (χ4n) is 1.62. The highest BCUT2D eigenvalue weighted by molar-refractivity contribution is 5.27. The number of fused-ring (bicyclic) bond motifs is 1. The van der Waals surface area contributed by atoms with E-state index in [4.69, 9.17) is 0 Å². The second-order valence-electron chi connectivity index (χ2n) is 3.17. The zero-order chi connectivity index (χ0) is 7.84. The molecule has 2 atom stereocenters. The van der Waals surface area contributed by atoms with Crippen molar-refractivity contribution in [3.63, 3.8) is 0 Å². The molecule has 1 aromatic heterocycles. The van der Waals surface area contributed by atoms with Gasteiger partial charge in [0, 0.05) is 6.20 Å². The number of hydrogen-bond acceptors (Lipinski definition) is 2. The number of rotatable bonds is 0. The van der Waals surface area contributed by atoms with Gasteiger partial charge in [0.2, 0.25) is 0 Å². The summed E-state index contributed by atoms with van der Waals surface area (Å²) in [5.41, 5.74) is 2.08. The highest BCUT2D eigenvalue weighted by Crippen LogP contribution is 2.33. The van der Waals surface area contributed by atoms with Crippen LogP contribution in [0.25, 0.3) is 0 Å². The van der Waals surface area contributed by atoms with Crippen molar-refractivity contribution >= 4 is 0 Å². The fraction of sp³-hybridized carbons (Fsp3) is 0.444. The first-order valence-electron chi connectivity index (χ1n) is 3.91. The number of aromatic nitrogens is 1. The van der Waals surface area contributed by atoms with Gasteiger partial charge in [-0.05, 0) is 24.0 Å². The molecule has 0 fully saturated rings. The van der Waals surface area contributed by atoms with Crippen molar-refractivity contribution in [2.75, 3.05) is 0 Å². The quantitative estimate of drug-likeness (QED) is 0.603. The summed E-state index contributed by atoms with van der Waals surface area (Å²) >= 11 is 0. The average Bonchev–Trinajstić information content (AvgIpc) is 2.30. The Bertz CT molecular complexity index is 272. The van der Waals surface area contributed by atoms with Gasteiger partial charge in [-0.1, -0.05) is 13.0 Å². The highest BCUT2D eigenvalue weighted by atomic mass is 16.3. The topological polar surface area (TPSA) is 33.1 Å². The van der Waals surface area contributed by atoms with Gasteiger partial charge in [0.05, 0.1) is 11.8 Å². The molecule has 58 valence electrons. The van der Waals surface area contributed by atoms with Crippen molar-refractivity contribution in [3.05, 3.63) is 29.6 Å². The van der Waals surface area contributed by atoms with Gasteiger partial charge in [0.15, 0.2) is 0 Å². The summed E-state index contributed by atoms with van der Waals surface area (Å²) in [5.74, 6) is 0.333. The Morgan fingerprint density at radius 2 is 2.45 bits per heavy atom. The zero-order valence-electron chi connectivity index (χ0n) is 6.49. The Balaban J connectivity index is 2.47. The van der Waals surface area contributed by atoms with Gasteiger partial charge in [-0.25, -0.2) is 0 Å². The van der Waals surface area contributed by atoms with E-state index in [9.17, 15) is 5.11 Å². The molecule has 2 heteroatoms. The van der Waals surface area contributed by atoms with Crippen molar-refractivity contribution in [1.29, 1.82) is 0 Å². The standard InChI is InChI=1S/C9H11NO/c1-6-5-7-3-2-4-10-8(7)9(6)11/h2-4,6,9,11H,5H2,1H3. The summed E-state index contributed by atoms with van der Waals surface area (Å²) in [7, 11) is 0. The Morgan fingerprint density at radius 1 is 1.64 bits per heavy atom. The first kappa shape index (κ1) is 6.80. The van der Waals surface area contributed by atoms with Crippen LogP contribution in [0.5, 0.6) is 0 Å². The summed E-state index contributed by atoms with van der Waals surface area (Å²) in [4.78, 5) is 4.14. The lowest BCUT2D eigenvalue weighted by Crippen LogP contribution is -2.02. The molecule has 0 radical (unpaired) electrons. The Labute approximate surface area is 65.9 Å². The van der Waals surface area contributed by atoms with Crippen molar-refractivity contribution in [1.82, 2.24) is 4.98 Å². The molecular formula is C9H11NO. The van der Waals surface area contributed by atoms with E-state index < -0.39 is 0 Å². The number of hydrogen-bond donors (Lipinski definition) is 1. The third kappa shape index (κ3) is 0.942. The number of aliphatic hydroxyl groups excluding tert-OH is 1. The van der Waals surface area contributed by atoms with Crippen LogP contribution < -0.4 is 0 Å². The molecule has 2 unspecified atom stereocenters. The van der Waals surface area contributed by atoms with Crippen LogP contribution in [0, 0.1) is 5.92 Å². The van der Waals surface area contributed by atoms with E-state index in [1.54, 1.807) is 6.20 Å². The molecule has 1 aliphatic rings. The highest BCUT2D eigenvalue weighted by Gasteiger charge is 2.27. The molecule has 1 N–H and O–H groups in total. The molecule has 0 saturated carbocycles. The lowest BCUT2D eigenvalue weighted by Gasteiger charge is -2.06. The molecule has 0 spiro atoms. The van der Waals surface area contributed by atoms with E-state index >= 15 is 0 Å². The van der Waals surface area contributed by atoms with Crippen LogP contribution in [0.15, 0.2) is 18.3 Å². The monoisotopic (exact) mass is 149 g/mol. The molecule has 0 aromatic carbocycles. The van der Waals surface area contributed by atoms with Gasteiger partial charge >= 0.3 is 0 Å². The molecule has 2 rings (SSSR count). The summed E-state index contributed by atoms with van der Waals surface area (Å²) in [6.07, 6.45) is 2.36. The number of nitrogens with zero attached hydrogens (tertiary/aromatic N) is 1. The molecule has 0 saturated heterocycles. The number of pyridine rings is 1. The summed E-state index contributed by atoms with van der Waals surface area (Å²) < 4.78 is 0. The summed E-state index contributed by atoms with van der Waals surface area (Å²) in [6.45, 7) is 2.05. The minimum Gasteiger partial charge on any atom is -0.387 e. The van der Waals surface area contributed by atoms with Gasteiger partial charge in [-0.2, -0.15) is 0 Å². The minimum absolute atomic E-state index is 0.333. The molecule has 1 aliphatic carbocycles. The van der Waals surface area contributed by atoms with Gasteiger partial charge in [0.1, 0.15) is 0 Å². The lowest BCUT2D eigenvalue weighted by molar-refractivity contribution is 0.129. The minimum atomic E-state index is -0.341. The smallest absolute Gasteiger partial charge is 0.0991 e. The zero-order valence-corrected chi connectivity index (χ0v) is 6.49. The van der Waals surface area contributed by atoms with Gasteiger partial charge < -0.3 is 5.11 Å². The average molecular weight is 149 g/mol. The molecular weight excluding hydrogens is 138 g/mol. The van der Waals surface area contributed by atoms with E-state index in [0.29, 0.717) is 5.92 Å². The van der Waals surface area contributed by atoms with Crippen molar-refractivity contribution in [3.8, 4) is 0 Å². The molecule has 1 heterocycles. The lowest BCUT2D eigenvalue weighted by atomic mass is 10.1. The molecule has 2 nitrogen and oxygen atoms in total. The van der Waals surface area contributed by atoms with E-state index in [2.05, 4.69) is 4.98 Å². The second-order valence-corrected chi connectivity index (χ2v) is 3.17. The van der Waals surface area contributed by atoms with Crippen molar-refractivity contribution < 1.29 is 5.11 Å². The Morgan fingerprint density at radius 3 is 3.18 bits per heavy atom. The largest absolute Gasteiger partial charge is 0.387 e. The first-order valence-corrected chi connectivity index (χ1v) is 3.91. The number of aliphatic hydroxyl groups is 1. The van der Waals surface area contributed by atoms with Crippen molar-refractivity contribution in [2.24, 2.45) is 5.92 Å². The van der Waals surface area contributed by atoms with Crippen LogP contribution in [0.4, 0.5) is 0 Å². The maximum absolute atomic E-state index is 9.59. The van der Waals surface area contributed by atoms with Gasteiger partial charge in [0.25, 0.3) is 0 Å². The molecule has 0 aliphatic heterocycles. The molecule has 0 bridgehead atoms. The molecule has 11 heavy (non-hydrogen) atoms. The Kier molecular flexibility index (Phi) is 1.43. The maximum Gasteiger partial charge on any atom is 0.0991 e. The van der Waals surface area contributed by atoms with Crippen LogP contribution in [0.1, 0.15) is 24.3 Å². The van der Waals surface area contributed by atoms with Crippen LogP contribution >= 0.6 is 0 Å². The van der Waals surface area contributed by atoms with Gasteiger partial charge in [-0.15, -0.1) is 0 Å². The molecule has 0 amide bonds. The van der Waals surface area contributed by atoms with E-state index in [1.807, 2.05) is 19.1 Å². The Hall–Kier alpha value is -0.890. The van der Waals surface area contributed by atoms with E-state index in [-0.39, 0.29) is 6.10 Å². The van der Waals surface area contributed by atoms with Crippen LogP contribution in [-0.4, -0.2) is 10.1 Å². The van der Waals surface area contributed by atoms with Gasteiger partial charge in [-0.3, -0.25) is 4.98 Å². The van der Waals surface area contributed by atoms with Crippen molar-refractivity contribution in [2.45, 2.75) is 19.4 Å². The van der Waals surface area contributed by atoms with E-state index in [0.717, 1.165) is 12.1 Å². The van der Waals surface area contributed by atoms with Crippen LogP contribution in [0.2, 0.25) is 0 Å².